The molecule has 0 saturated carbocycles. The molecule has 0 fully saturated rings. The molecule has 1 unspecified atom stereocenters. The molecule has 1 rings (SSSR count). The number of nitrogens with zero attached hydrogens (tertiary/aromatic N) is 2. The van der Waals surface area contributed by atoms with Crippen LogP contribution in [-0.4, -0.2) is 185 Å². The second kappa shape index (κ2) is 66.3. The van der Waals surface area contributed by atoms with E-state index in [-0.39, 0.29) is 13.2 Å². The molecule has 0 aromatic carbocycles. The molecule has 0 radical (unpaired) electrons. The lowest BCUT2D eigenvalue weighted by molar-refractivity contribution is -0.146. The van der Waals surface area contributed by atoms with Gasteiger partial charge in [0.2, 0.25) is 0 Å². The third-order valence-electron chi connectivity index (χ3n) is 14.3. The van der Waals surface area contributed by atoms with E-state index in [0.29, 0.717) is 125 Å². The van der Waals surface area contributed by atoms with E-state index in [0.717, 1.165) is 18.8 Å². The van der Waals surface area contributed by atoms with Gasteiger partial charge in [-0.3, -0.25) is 4.79 Å². The van der Waals surface area contributed by atoms with Crippen LogP contribution in [0.3, 0.4) is 0 Å². The van der Waals surface area contributed by atoms with E-state index >= 15 is 0 Å². The molecular formula is C64H126N4O12. The minimum absolute atomic E-state index is 0.136. The summed E-state index contributed by atoms with van der Waals surface area (Å²) in [5.41, 5.74) is 6.63. The predicted molar refractivity (Wildman–Crippen MR) is 325 cm³/mol. The van der Waals surface area contributed by atoms with Crippen molar-refractivity contribution in [3.8, 4) is 0 Å². The molecule has 0 amide bonds. The summed E-state index contributed by atoms with van der Waals surface area (Å²) in [5, 5.41) is 0. The molecule has 16 nitrogen and oxygen atoms in total. The molecule has 1 aromatic heterocycles. The number of nitrogens with one attached hydrogen (secondary N) is 1. The molecule has 0 aliphatic carbocycles. The summed E-state index contributed by atoms with van der Waals surface area (Å²) in [6.45, 7) is 18.3. The van der Waals surface area contributed by atoms with Crippen LogP contribution in [-0.2, 0) is 63.3 Å². The fourth-order valence-corrected chi connectivity index (χ4v) is 9.40. The predicted octanol–water partition coefficient (Wildman–Crippen LogP) is 12.8. The minimum atomic E-state index is -0.744. The van der Waals surface area contributed by atoms with Crippen molar-refractivity contribution in [2.75, 3.05) is 158 Å². The Kier molecular flexibility index (Phi) is 63.2. The quantitative estimate of drug-likeness (QED) is 0.0465. The highest BCUT2D eigenvalue weighted by molar-refractivity contribution is 5.75. The van der Waals surface area contributed by atoms with Crippen molar-refractivity contribution in [1.82, 2.24) is 14.9 Å². The Morgan fingerprint density at radius 1 is 0.375 bits per heavy atom. The number of imidazole rings is 1. The van der Waals surface area contributed by atoms with Gasteiger partial charge in [-0.25, -0.2) is 4.98 Å². The summed E-state index contributed by atoms with van der Waals surface area (Å²) in [6, 6.07) is -0.744. The lowest BCUT2D eigenvalue weighted by Gasteiger charge is -2.22. The Morgan fingerprint density at radius 3 is 0.887 bits per heavy atom. The van der Waals surface area contributed by atoms with Crippen molar-refractivity contribution in [3.05, 3.63) is 18.2 Å². The fourth-order valence-electron chi connectivity index (χ4n) is 9.40. The highest BCUT2D eigenvalue weighted by Crippen LogP contribution is 2.16. The number of aromatic nitrogens is 2. The molecule has 0 aliphatic rings. The zero-order valence-electron chi connectivity index (χ0n) is 51.9. The Hall–Kier alpha value is -1.80. The molecule has 1 aromatic rings. The molecule has 474 valence electrons. The van der Waals surface area contributed by atoms with Gasteiger partial charge in [-0.15, -0.1) is 0 Å². The van der Waals surface area contributed by atoms with E-state index in [9.17, 15) is 4.79 Å². The second-order valence-corrected chi connectivity index (χ2v) is 21.6. The molecule has 0 aliphatic heterocycles. The summed E-state index contributed by atoms with van der Waals surface area (Å²) in [7, 11) is 0. The number of carbonyl (C=O) groups excluding carboxylic acids is 1. The van der Waals surface area contributed by atoms with E-state index in [1.54, 1.807) is 12.5 Å². The third-order valence-corrected chi connectivity index (χ3v) is 14.3. The average molecular weight is 1140 g/mol. The highest BCUT2D eigenvalue weighted by atomic mass is 16.6. The average Bonchev–Trinajstić information content (AvgIpc) is 3.98. The molecule has 0 spiro atoms. The maximum atomic E-state index is 11.9. The number of hydrogen-bond donors (Lipinski definition) is 2. The monoisotopic (exact) mass is 1140 g/mol. The number of nitrogens with two attached hydrogens (primary N) is 1. The van der Waals surface area contributed by atoms with Gasteiger partial charge in [0.25, 0.3) is 0 Å². The van der Waals surface area contributed by atoms with Gasteiger partial charge >= 0.3 is 5.97 Å². The van der Waals surface area contributed by atoms with Crippen LogP contribution in [0.15, 0.2) is 12.5 Å². The van der Waals surface area contributed by atoms with Crippen LogP contribution in [0.25, 0.3) is 0 Å². The van der Waals surface area contributed by atoms with Gasteiger partial charge in [0, 0.05) is 24.9 Å². The number of rotatable bonds is 70. The first-order chi connectivity index (χ1) is 39.7. The largest absolute Gasteiger partial charge is 0.462 e. The zero-order chi connectivity index (χ0) is 57.2. The van der Waals surface area contributed by atoms with Crippen LogP contribution in [0, 0.1) is 0 Å². The first-order valence-corrected chi connectivity index (χ1v) is 33.1. The number of unbranched alkanes of at least 4 members (excludes halogenated alkanes) is 30. The number of hydrogen-bond acceptors (Lipinski definition) is 15. The van der Waals surface area contributed by atoms with Gasteiger partial charge in [-0.1, -0.05) is 206 Å². The third kappa shape index (κ3) is 59.4. The molecule has 16 heteroatoms. The summed E-state index contributed by atoms with van der Waals surface area (Å²) >= 11 is 0. The van der Waals surface area contributed by atoms with Gasteiger partial charge in [-0.2, -0.15) is 0 Å². The topological polar surface area (TPSA) is 177 Å². The molecule has 1 atom stereocenters. The maximum Gasteiger partial charge on any atom is 0.323 e. The standard InChI is InChI=1S/C64H126N4O12/c1-3-5-7-9-11-13-15-17-19-21-23-25-27-29-31-33-35-68(36-34-32-30-28-26-24-22-20-18-16-14-12-10-8-6-4-2)37-38-70-39-40-71-41-42-72-43-44-73-45-46-74-47-48-75-49-50-76-51-52-77-53-54-78-55-56-79-57-58-80-64(69)63(65)59-62-60-66-61-67-62/h60-61,63H,3-59,65H2,1-2H3,(H,66,67). The second-order valence-electron chi connectivity index (χ2n) is 21.6. The summed E-state index contributed by atoms with van der Waals surface area (Å²) < 4.78 is 61.3. The molecule has 3 N–H and O–H groups in total. The molecule has 1 heterocycles. The van der Waals surface area contributed by atoms with Crippen LogP contribution in [0.2, 0.25) is 0 Å². The van der Waals surface area contributed by atoms with Gasteiger partial charge in [-0.05, 0) is 25.9 Å². The van der Waals surface area contributed by atoms with Crippen LogP contribution in [0.5, 0.6) is 0 Å². The Bertz CT molecular complexity index is 1270. The number of carbonyl (C=O) groups is 1. The summed E-state index contributed by atoms with van der Waals surface area (Å²) in [6.07, 6.45) is 48.8. The zero-order valence-corrected chi connectivity index (χ0v) is 51.9. The number of H-pyrrole nitrogens is 1. The normalized spacial score (nSPS) is 12.2. The fraction of sp³-hybridized carbons (Fsp3) is 0.938. The van der Waals surface area contributed by atoms with Crippen molar-refractivity contribution < 1.29 is 56.9 Å². The molecule has 0 saturated heterocycles. The lowest BCUT2D eigenvalue weighted by Crippen LogP contribution is -2.35. The van der Waals surface area contributed by atoms with E-state index in [1.165, 1.54) is 219 Å². The van der Waals surface area contributed by atoms with E-state index < -0.39 is 12.0 Å². The van der Waals surface area contributed by atoms with Crippen molar-refractivity contribution >= 4 is 5.97 Å². The van der Waals surface area contributed by atoms with Gasteiger partial charge in [0.15, 0.2) is 0 Å². The Morgan fingerprint density at radius 2 is 0.625 bits per heavy atom. The summed E-state index contributed by atoms with van der Waals surface area (Å²) in [5.74, 6) is -0.473. The minimum Gasteiger partial charge on any atom is -0.462 e. The van der Waals surface area contributed by atoms with E-state index in [2.05, 4.69) is 28.7 Å². The van der Waals surface area contributed by atoms with Crippen molar-refractivity contribution in [2.45, 2.75) is 232 Å². The first-order valence-electron chi connectivity index (χ1n) is 33.1. The molecule has 0 bridgehead atoms. The van der Waals surface area contributed by atoms with Gasteiger partial charge < -0.3 is 67.7 Å². The van der Waals surface area contributed by atoms with Crippen molar-refractivity contribution in [3.63, 3.8) is 0 Å². The Labute approximate surface area is 490 Å². The Balaban J connectivity index is 1.93. The van der Waals surface area contributed by atoms with Crippen LogP contribution in [0.4, 0.5) is 0 Å². The smallest absolute Gasteiger partial charge is 0.323 e. The van der Waals surface area contributed by atoms with Crippen LogP contribution >= 0.6 is 0 Å². The SMILES string of the molecule is CCCCCCCCCCCCCCCCCCN(CCCCCCCCCCCCCCCCCC)CCOCCOCCOCCOCCOCCOCCOCCOCCOCCOCCOC(=O)C(N)Cc1cnc[nH]1. The maximum absolute atomic E-state index is 11.9. The number of ether oxygens (including phenoxy) is 11. The highest BCUT2D eigenvalue weighted by Gasteiger charge is 2.16. The first kappa shape index (κ1) is 76.2. The van der Waals surface area contributed by atoms with E-state index in [1.807, 2.05) is 0 Å². The van der Waals surface area contributed by atoms with Crippen LogP contribution < -0.4 is 5.73 Å². The van der Waals surface area contributed by atoms with E-state index in [4.69, 9.17) is 57.8 Å². The van der Waals surface area contributed by atoms with Gasteiger partial charge in [0.05, 0.1) is 138 Å². The van der Waals surface area contributed by atoms with Crippen LogP contribution in [0.1, 0.15) is 225 Å². The van der Waals surface area contributed by atoms with Crippen molar-refractivity contribution in [1.29, 1.82) is 0 Å². The van der Waals surface area contributed by atoms with Crippen molar-refractivity contribution in [2.24, 2.45) is 5.73 Å². The van der Waals surface area contributed by atoms with Gasteiger partial charge in [0.1, 0.15) is 12.6 Å². The number of aromatic amines is 1. The molecular weight excluding hydrogens is 1020 g/mol. The lowest BCUT2D eigenvalue weighted by atomic mass is 10.0. The summed E-state index contributed by atoms with van der Waals surface area (Å²) in [4.78, 5) is 21.4. The number of esters is 1. The molecule has 80 heavy (non-hydrogen) atoms.